The van der Waals surface area contributed by atoms with Crippen molar-refractivity contribution in [2.24, 2.45) is 10.9 Å². The molecule has 0 aliphatic heterocycles. The van der Waals surface area contributed by atoms with Gasteiger partial charge in [-0.05, 0) is 29.7 Å². The van der Waals surface area contributed by atoms with E-state index in [1.807, 2.05) is 42.5 Å². The van der Waals surface area contributed by atoms with Gasteiger partial charge in [0.2, 0.25) is 0 Å². The third-order valence-corrected chi connectivity index (χ3v) is 3.55. The van der Waals surface area contributed by atoms with Crippen LogP contribution in [0.4, 0.5) is 5.69 Å². The number of anilines is 1. The fraction of sp³-hybridized carbons (Fsp3) is 0.235. The van der Waals surface area contributed by atoms with Gasteiger partial charge in [0.1, 0.15) is 5.84 Å². The molecule has 2 rings (SSSR count). The summed E-state index contributed by atoms with van der Waals surface area (Å²) in [5.41, 5.74) is 9.17. The first-order valence-corrected chi connectivity index (χ1v) is 7.09. The molecule has 0 aliphatic carbocycles. The highest BCUT2D eigenvalue weighted by atomic mass is 16.4. The van der Waals surface area contributed by atoms with Gasteiger partial charge in [0.25, 0.3) is 0 Å². The number of nitrogens with two attached hydrogens (primary N) is 1. The molecule has 0 spiro atoms. The standard InChI is InChI=1S/C17H21N3O/c1-2-13-8-10-15(11-9-13)19-12-16(17(18)20-21)14-6-4-3-5-7-14/h3-11,16,19,21H,2,12H2,1H3,(H2,18,20). The summed E-state index contributed by atoms with van der Waals surface area (Å²) in [6.45, 7) is 2.71. The molecule has 2 aromatic rings. The van der Waals surface area contributed by atoms with Gasteiger partial charge in [0.05, 0.1) is 5.92 Å². The zero-order chi connectivity index (χ0) is 15.1. The molecular weight excluding hydrogens is 262 g/mol. The van der Waals surface area contributed by atoms with Crippen LogP contribution in [0.1, 0.15) is 24.0 Å². The molecule has 0 aromatic heterocycles. The van der Waals surface area contributed by atoms with E-state index in [9.17, 15) is 0 Å². The first kappa shape index (κ1) is 14.9. The summed E-state index contributed by atoms with van der Waals surface area (Å²) < 4.78 is 0. The maximum Gasteiger partial charge on any atom is 0.148 e. The van der Waals surface area contributed by atoms with Crippen LogP contribution in [0.3, 0.4) is 0 Å². The predicted molar refractivity (Wildman–Crippen MR) is 86.9 cm³/mol. The predicted octanol–water partition coefficient (Wildman–Crippen LogP) is 3.19. The fourth-order valence-electron chi connectivity index (χ4n) is 2.23. The lowest BCUT2D eigenvalue weighted by Gasteiger charge is -2.17. The lowest BCUT2D eigenvalue weighted by atomic mass is 9.98. The molecule has 0 saturated heterocycles. The number of rotatable bonds is 6. The maximum atomic E-state index is 8.97. The van der Waals surface area contributed by atoms with E-state index in [4.69, 9.17) is 10.9 Å². The molecule has 110 valence electrons. The molecular formula is C17H21N3O. The van der Waals surface area contributed by atoms with Gasteiger partial charge in [-0.15, -0.1) is 0 Å². The van der Waals surface area contributed by atoms with E-state index < -0.39 is 0 Å². The Morgan fingerprint density at radius 3 is 2.38 bits per heavy atom. The summed E-state index contributed by atoms with van der Waals surface area (Å²) in [4.78, 5) is 0. The molecule has 0 fully saturated rings. The number of aryl methyl sites for hydroxylation is 1. The van der Waals surface area contributed by atoms with E-state index in [0.717, 1.165) is 17.7 Å². The second kappa shape index (κ2) is 7.33. The van der Waals surface area contributed by atoms with E-state index in [1.54, 1.807) is 0 Å². The number of benzene rings is 2. The average molecular weight is 283 g/mol. The van der Waals surface area contributed by atoms with Crippen molar-refractivity contribution >= 4 is 11.5 Å². The number of nitrogens with zero attached hydrogens (tertiary/aromatic N) is 1. The van der Waals surface area contributed by atoms with Crippen LogP contribution in [-0.4, -0.2) is 17.6 Å². The molecule has 21 heavy (non-hydrogen) atoms. The zero-order valence-electron chi connectivity index (χ0n) is 12.2. The fourth-order valence-corrected chi connectivity index (χ4v) is 2.23. The molecule has 2 aromatic carbocycles. The first-order valence-electron chi connectivity index (χ1n) is 7.09. The van der Waals surface area contributed by atoms with Gasteiger partial charge in [0, 0.05) is 12.2 Å². The number of oxime groups is 1. The molecule has 4 N–H and O–H groups in total. The topological polar surface area (TPSA) is 70.6 Å². The number of nitrogens with one attached hydrogen (secondary N) is 1. The third-order valence-electron chi connectivity index (χ3n) is 3.55. The van der Waals surface area contributed by atoms with E-state index in [-0.39, 0.29) is 11.8 Å². The second-order valence-corrected chi connectivity index (χ2v) is 4.92. The lowest BCUT2D eigenvalue weighted by molar-refractivity contribution is 0.316. The van der Waals surface area contributed by atoms with Crippen LogP contribution < -0.4 is 11.1 Å². The summed E-state index contributed by atoms with van der Waals surface area (Å²) in [5, 5.41) is 15.5. The van der Waals surface area contributed by atoms with Crippen molar-refractivity contribution in [3.63, 3.8) is 0 Å². The molecule has 0 bridgehead atoms. The molecule has 0 heterocycles. The van der Waals surface area contributed by atoms with Crippen molar-refractivity contribution in [3.05, 3.63) is 65.7 Å². The Hall–Kier alpha value is -2.49. The summed E-state index contributed by atoms with van der Waals surface area (Å²) in [7, 11) is 0. The minimum atomic E-state index is -0.165. The van der Waals surface area contributed by atoms with Gasteiger partial charge in [-0.25, -0.2) is 0 Å². The maximum absolute atomic E-state index is 8.97. The molecule has 0 saturated carbocycles. The van der Waals surface area contributed by atoms with Crippen LogP contribution >= 0.6 is 0 Å². The van der Waals surface area contributed by atoms with Crippen molar-refractivity contribution in [2.45, 2.75) is 19.3 Å². The first-order chi connectivity index (χ1) is 10.2. The van der Waals surface area contributed by atoms with Crippen molar-refractivity contribution in [1.29, 1.82) is 0 Å². The van der Waals surface area contributed by atoms with Gasteiger partial charge in [-0.1, -0.05) is 54.5 Å². The van der Waals surface area contributed by atoms with Crippen molar-refractivity contribution in [2.75, 3.05) is 11.9 Å². The van der Waals surface area contributed by atoms with Crippen LogP contribution in [-0.2, 0) is 6.42 Å². The molecule has 1 atom stereocenters. The normalized spacial score (nSPS) is 12.9. The second-order valence-electron chi connectivity index (χ2n) is 4.92. The molecule has 1 unspecified atom stereocenters. The van der Waals surface area contributed by atoms with E-state index in [1.165, 1.54) is 5.56 Å². The summed E-state index contributed by atoms with van der Waals surface area (Å²) in [5.74, 6) is 0.0425. The summed E-state index contributed by atoms with van der Waals surface area (Å²) in [6.07, 6.45) is 1.02. The quantitative estimate of drug-likeness (QED) is 0.330. The number of hydrogen-bond acceptors (Lipinski definition) is 3. The largest absolute Gasteiger partial charge is 0.409 e. The highest BCUT2D eigenvalue weighted by molar-refractivity contribution is 5.87. The molecule has 0 radical (unpaired) electrons. The Bertz CT molecular complexity index is 579. The van der Waals surface area contributed by atoms with Crippen LogP contribution in [0.5, 0.6) is 0 Å². The zero-order valence-corrected chi connectivity index (χ0v) is 12.2. The molecule has 4 heteroatoms. The number of amidine groups is 1. The molecule has 4 nitrogen and oxygen atoms in total. The van der Waals surface area contributed by atoms with Gasteiger partial charge in [0.15, 0.2) is 0 Å². The monoisotopic (exact) mass is 283 g/mol. The van der Waals surface area contributed by atoms with E-state index in [0.29, 0.717) is 6.54 Å². The van der Waals surface area contributed by atoms with Crippen molar-refractivity contribution in [3.8, 4) is 0 Å². The van der Waals surface area contributed by atoms with Crippen LogP contribution in [0.2, 0.25) is 0 Å². The average Bonchev–Trinajstić information content (AvgIpc) is 2.56. The Labute approximate surface area is 125 Å². The van der Waals surface area contributed by atoms with Crippen LogP contribution in [0.15, 0.2) is 59.8 Å². The summed E-state index contributed by atoms with van der Waals surface area (Å²) >= 11 is 0. The minimum Gasteiger partial charge on any atom is -0.409 e. The minimum absolute atomic E-state index is 0.165. The third kappa shape index (κ3) is 3.99. The smallest absolute Gasteiger partial charge is 0.148 e. The Morgan fingerprint density at radius 2 is 1.81 bits per heavy atom. The highest BCUT2D eigenvalue weighted by Gasteiger charge is 2.16. The van der Waals surface area contributed by atoms with Gasteiger partial charge < -0.3 is 16.3 Å². The SMILES string of the molecule is CCc1ccc(NCC(C(N)=NO)c2ccccc2)cc1. The number of hydrogen-bond donors (Lipinski definition) is 3. The lowest BCUT2D eigenvalue weighted by Crippen LogP contribution is -2.28. The molecule has 0 aliphatic rings. The van der Waals surface area contributed by atoms with Crippen LogP contribution in [0, 0.1) is 0 Å². The van der Waals surface area contributed by atoms with Gasteiger partial charge in [-0.2, -0.15) is 0 Å². The van der Waals surface area contributed by atoms with E-state index >= 15 is 0 Å². The van der Waals surface area contributed by atoms with Gasteiger partial charge >= 0.3 is 0 Å². The van der Waals surface area contributed by atoms with Crippen LogP contribution in [0.25, 0.3) is 0 Å². The molecule has 0 amide bonds. The summed E-state index contributed by atoms with van der Waals surface area (Å²) in [6, 6.07) is 18.1. The Balaban J connectivity index is 2.09. The Morgan fingerprint density at radius 1 is 1.14 bits per heavy atom. The van der Waals surface area contributed by atoms with Crippen molar-refractivity contribution in [1.82, 2.24) is 0 Å². The van der Waals surface area contributed by atoms with E-state index in [2.05, 4.69) is 29.5 Å². The van der Waals surface area contributed by atoms with Gasteiger partial charge in [-0.3, -0.25) is 0 Å². The van der Waals surface area contributed by atoms with Crippen molar-refractivity contribution < 1.29 is 5.21 Å². The highest BCUT2D eigenvalue weighted by Crippen LogP contribution is 2.18. The Kier molecular flexibility index (Phi) is 5.21.